The van der Waals surface area contributed by atoms with E-state index in [4.69, 9.17) is 4.74 Å². The van der Waals surface area contributed by atoms with Gasteiger partial charge in [-0.3, -0.25) is 0 Å². The van der Waals surface area contributed by atoms with Crippen LogP contribution < -0.4 is 5.32 Å². The van der Waals surface area contributed by atoms with Crippen LogP contribution in [0.1, 0.15) is 11.9 Å². The lowest BCUT2D eigenvalue weighted by atomic mass is 10.8. The Hall–Kier alpha value is -0.330. The molecule has 0 aliphatic heterocycles. The second-order valence-electron chi connectivity index (χ2n) is 2.58. The Morgan fingerprint density at radius 3 is 3.07 bits per heavy atom. The van der Waals surface area contributed by atoms with Crippen molar-refractivity contribution in [1.82, 2.24) is 10.2 Å². The summed E-state index contributed by atoms with van der Waals surface area (Å²) < 4.78 is 4.96. The number of thioether (sulfide) groups is 1. The van der Waals surface area contributed by atoms with Crippen LogP contribution in [0.25, 0.3) is 0 Å². The fourth-order valence-corrected chi connectivity index (χ4v) is 2.59. The minimum absolute atomic E-state index is 0.795. The molecule has 0 radical (unpaired) electrons. The molecule has 1 rings (SSSR count). The number of ether oxygens (including phenoxy) is 1. The summed E-state index contributed by atoms with van der Waals surface area (Å²) in [5, 5.41) is 13.2. The first-order chi connectivity index (χ1) is 6.86. The Kier molecular flexibility index (Phi) is 5.89. The fraction of sp³-hybridized carbons (Fsp3) is 0.750. The summed E-state index contributed by atoms with van der Waals surface area (Å²) in [7, 11) is 1.72. The molecule has 1 aromatic rings. The van der Waals surface area contributed by atoms with Gasteiger partial charge in [-0.2, -0.15) is 11.8 Å². The van der Waals surface area contributed by atoms with Crippen LogP contribution >= 0.6 is 23.1 Å². The first-order valence-electron chi connectivity index (χ1n) is 4.49. The predicted octanol–water partition coefficient (Wildman–Crippen LogP) is 1.85. The van der Waals surface area contributed by atoms with Crippen molar-refractivity contribution in [3.63, 3.8) is 0 Å². The molecule has 4 nitrogen and oxygen atoms in total. The maximum atomic E-state index is 4.96. The van der Waals surface area contributed by atoms with Gasteiger partial charge in [-0.1, -0.05) is 11.3 Å². The second kappa shape index (κ2) is 7.03. The van der Waals surface area contributed by atoms with Gasteiger partial charge in [0.05, 0.1) is 6.61 Å². The molecule has 6 heteroatoms. The molecule has 0 saturated heterocycles. The standard InChI is InChI=1S/C8H15N3OS2/c1-3-9-8-11-10-7(14-8)6-13-5-4-12-2/h3-6H2,1-2H3,(H,9,11). The first kappa shape index (κ1) is 11.7. The minimum atomic E-state index is 0.795. The van der Waals surface area contributed by atoms with Gasteiger partial charge in [0.2, 0.25) is 5.13 Å². The molecule has 1 heterocycles. The van der Waals surface area contributed by atoms with E-state index >= 15 is 0 Å². The van der Waals surface area contributed by atoms with Crippen molar-refractivity contribution in [2.45, 2.75) is 12.7 Å². The van der Waals surface area contributed by atoms with Gasteiger partial charge in [-0.15, -0.1) is 10.2 Å². The maximum absolute atomic E-state index is 4.96. The van der Waals surface area contributed by atoms with E-state index in [0.29, 0.717) is 0 Å². The zero-order valence-electron chi connectivity index (χ0n) is 8.45. The van der Waals surface area contributed by atoms with E-state index in [1.165, 1.54) is 0 Å². The number of aromatic nitrogens is 2. The molecule has 0 fully saturated rings. The third-order valence-electron chi connectivity index (χ3n) is 1.45. The molecular formula is C8H15N3OS2. The van der Waals surface area contributed by atoms with Crippen molar-refractivity contribution in [1.29, 1.82) is 0 Å². The van der Waals surface area contributed by atoms with Crippen LogP contribution in [0.3, 0.4) is 0 Å². The number of nitrogens with zero attached hydrogens (tertiary/aromatic N) is 2. The first-order valence-corrected chi connectivity index (χ1v) is 6.47. The van der Waals surface area contributed by atoms with Crippen LogP contribution in [0.4, 0.5) is 5.13 Å². The van der Waals surface area contributed by atoms with Crippen molar-refractivity contribution in [3.8, 4) is 0 Å². The van der Waals surface area contributed by atoms with Gasteiger partial charge in [-0.05, 0) is 6.92 Å². The summed E-state index contributed by atoms with van der Waals surface area (Å²) in [5.74, 6) is 1.93. The topological polar surface area (TPSA) is 47.0 Å². The molecule has 0 bridgehead atoms. The van der Waals surface area contributed by atoms with E-state index < -0.39 is 0 Å². The number of anilines is 1. The van der Waals surface area contributed by atoms with Gasteiger partial charge in [0.25, 0.3) is 0 Å². The highest BCUT2D eigenvalue weighted by molar-refractivity contribution is 7.98. The molecule has 80 valence electrons. The average molecular weight is 233 g/mol. The third kappa shape index (κ3) is 4.26. The quantitative estimate of drug-likeness (QED) is 0.728. The summed E-state index contributed by atoms with van der Waals surface area (Å²) in [6, 6.07) is 0. The van der Waals surface area contributed by atoms with Crippen molar-refractivity contribution >= 4 is 28.2 Å². The predicted molar refractivity (Wildman–Crippen MR) is 62.1 cm³/mol. The third-order valence-corrected chi connectivity index (χ3v) is 3.45. The molecule has 0 aliphatic rings. The second-order valence-corrected chi connectivity index (χ2v) is 4.74. The molecule has 1 aromatic heterocycles. The number of rotatable bonds is 7. The van der Waals surface area contributed by atoms with E-state index in [1.54, 1.807) is 18.4 Å². The Bertz CT molecular complexity index is 254. The van der Waals surface area contributed by atoms with E-state index in [0.717, 1.165) is 34.8 Å². The van der Waals surface area contributed by atoms with Crippen molar-refractivity contribution in [3.05, 3.63) is 5.01 Å². The number of nitrogens with one attached hydrogen (secondary N) is 1. The van der Waals surface area contributed by atoms with Gasteiger partial charge in [0.1, 0.15) is 5.01 Å². The van der Waals surface area contributed by atoms with E-state index in [9.17, 15) is 0 Å². The van der Waals surface area contributed by atoms with Gasteiger partial charge in [-0.25, -0.2) is 0 Å². The molecular weight excluding hydrogens is 218 g/mol. The van der Waals surface area contributed by atoms with Crippen LogP contribution in [0, 0.1) is 0 Å². The molecule has 0 atom stereocenters. The van der Waals surface area contributed by atoms with E-state index in [-0.39, 0.29) is 0 Å². The van der Waals surface area contributed by atoms with Crippen LogP contribution in [-0.4, -0.2) is 36.2 Å². The summed E-state index contributed by atoms with van der Waals surface area (Å²) in [4.78, 5) is 0. The lowest BCUT2D eigenvalue weighted by molar-refractivity contribution is 0.218. The number of methoxy groups -OCH3 is 1. The fourth-order valence-electron chi connectivity index (χ4n) is 0.836. The monoisotopic (exact) mass is 233 g/mol. The van der Waals surface area contributed by atoms with Gasteiger partial charge < -0.3 is 10.1 Å². The SMILES string of the molecule is CCNc1nnc(CSCCOC)s1. The molecule has 0 saturated carbocycles. The zero-order valence-corrected chi connectivity index (χ0v) is 10.1. The highest BCUT2D eigenvalue weighted by Crippen LogP contribution is 2.19. The molecule has 0 amide bonds. The van der Waals surface area contributed by atoms with E-state index in [2.05, 4.69) is 22.4 Å². The minimum Gasteiger partial charge on any atom is -0.384 e. The van der Waals surface area contributed by atoms with Crippen molar-refractivity contribution in [2.24, 2.45) is 0 Å². The highest BCUT2D eigenvalue weighted by Gasteiger charge is 2.02. The summed E-state index contributed by atoms with van der Waals surface area (Å²) >= 11 is 3.44. The molecule has 0 aromatic carbocycles. The largest absolute Gasteiger partial charge is 0.384 e. The van der Waals surface area contributed by atoms with Crippen LogP contribution in [0.2, 0.25) is 0 Å². The Labute approximate surface area is 92.5 Å². The van der Waals surface area contributed by atoms with E-state index in [1.807, 2.05) is 11.8 Å². The zero-order chi connectivity index (χ0) is 10.2. The average Bonchev–Trinajstić information content (AvgIpc) is 2.61. The van der Waals surface area contributed by atoms with Crippen molar-refractivity contribution < 1.29 is 4.74 Å². The summed E-state index contributed by atoms with van der Waals surface area (Å²) in [6.45, 7) is 3.74. The van der Waals surface area contributed by atoms with Gasteiger partial charge in [0.15, 0.2) is 0 Å². The highest BCUT2D eigenvalue weighted by atomic mass is 32.2. The Balaban J connectivity index is 2.22. The van der Waals surface area contributed by atoms with Crippen LogP contribution in [-0.2, 0) is 10.5 Å². The van der Waals surface area contributed by atoms with Crippen LogP contribution in [0.15, 0.2) is 0 Å². The Morgan fingerprint density at radius 1 is 1.50 bits per heavy atom. The molecule has 1 N–H and O–H groups in total. The molecule has 14 heavy (non-hydrogen) atoms. The van der Waals surface area contributed by atoms with Gasteiger partial charge in [0, 0.05) is 25.2 Å². The lowest BCUT2D eigenvalue weighted by Crippen LogP contribution is -1.94. The maximum Gasteiger partial charge on any atom is 0.205 e. The smallest absolute Gasteiger partial charge is 0.205 e. The van der Waals surface area contributed by atoms with Crippen LogP contribution in [0.5, 0.6) is 0 Å². The number of hydrogen-bond donors (Lipinski definition) is 1. The van der Waals surface area contributed by atoms with Crippen molar-refractivity contribution in [2.75, 3.05) is 31.3 Å². The molecule has 0 unspecified atom stereocenters. The molecule has 0 aliphatic carbocycles. The Morgan fingerprint density at radius 2 is 2.36 bits per heavy atom. The number of hydrogen-bond acceptors (Lipinski definition) is 6. The lowest BCUT2D eigenvalue weighted by Gasteiger charge is -1.96. The van der Waals surface area contributed by atoms with Gasteiger partial charge >= 0.3 is 0 Å². The molecule has 0 spiro atoms. The summed E-state index contributed by atoms with van der Waals surface area (Å²) in [6.07, 6.45) is 0. The summed E-state index contributed by atoms with van der Waals surface area (Å²) in [5.41, 5.74) is 0. The normalized spacial score (nSPS) is 10.4.